The molecular formula is C12H9ClF2OS. The molecule has 0 aliphatic heterocycles. The van der Waals surface area contributed by atoms with Gasteiger partial charge in [-0.3, -0.25) is 0 Å². The van der Waals surface area contributed by atoms with Crippen molar-refractivity contribution in [3.8, 4) is 5.75 Å². The van der Waals surface area contributed by atoms with E-state index in [1.165, 1.54) is 17.4 Å². The maximum atomic E-state index is 13.1. The van der Waals surface area contributed by atoms with Crippen LogP contribution in [0.15, 0.2) is 29.6 Å². The molecule has 1 aromatic heterocycles. The number of alkyl halides is 1. The Morgan fingerprint density at radius 1 is 1.24 bits per heavy atom. The summed E-state index contributed by atoms with van der Waals surface area (Å²) < 4.78 is 30.9. The second kappa shape index (κ2) is 5.02. The van der Waals surface area contributed by atoms with Crippen molar-refractivity contribution in [2.75, 3.05) is 7.11 Å². The lowest BCUT2D eigenvalue weighted by Gasteiger charge is -2.07. The number of hydrogen-bond acceptors (Lipinski definition) is 2. The Morgan fingerprint density at radius 2 is 2.00 bits per heavy atom. The molecule has 1 aromatic carbocycles. The molecule has 5 heteroatoms. The van der Waals surface area contributed by atoms with Crippen LogP contribution in [0.5, 0.6) is 5.75 Å². The van der Waals surface area contributed by atoms with Gasteiger partial charge in [0, 0.05) is 10.3 Å². The van der Waals surface area contributed by atoms with E-state index in [2.05, 4.69) is 0 Å². The Morgan fingerprint density at radius 3 is 2.59 bits per heavy atom. The fourth-order valence-corrected chi connectivity index (χ4v) is 2.62. The lowest BCUT2D eigenvalue weighted by atomic mass is 10.1. The second-order valence-corrected chi connectivity index (χ2v) is 4.80. The lowest BCUT2D eigenvalue weighted by molar-refractivity contribution is 0.416. The molecule has 0 radical (unpaired) electrons. The van der Waals surface area contributed by atoms with E-state index in [9.17, 15) is 8.78 Å². The van der Waals surface area contributed by atoms with E-state index in [4.69, 9.17) is 16.3 Å². The highest BCUT2D eigenvalue weighted by atomic mass is 35.5. The predicted octanol–water partition coefficient (Wildman–Crippen LogP) is 4.36. The molecule has 0 aliphatic carbocycles. The van der Waals surface area contributed by atoms with Crippen LogP contribution >= 0.6 is 22.9 Å². The second-order valence-electron chi connectivity index (χ2n) is 3.43. The smallest absolute Gasteiger partial charge is 0.159 e. The molecule has 0 saturated heterocycles. The third kappa shape index (κ3) is 2.58. The van der Waals surface area contributed by atoms with E-state index in [1.54, 1.807) is 13.2 Å². The summed E-state index contributed by atoms with van der Waals surface area (Å²) in [4.78, 5) is 0.828. The molecular weight excluding hydrogens is 266 g/mol. The number of methoxy groups -OCH3 is 1. The Kier molecular flexibility index (Phi) is 3.64. The molecule has 0 spiro atoms. The van der Waals surface area contributed by atoms with E-state index >= 15 is 0 Å². The van der Waals surface area contributed by atoms with Gasteiger partial charge in [-0.05, 0) is 23.8 Å². The monoisotopic (exact) mass is 274 g/mol. The van der Waals surface area contributed by atoms with Gasteiger partial charge in [-0.1, -0.05) is 6.07 Å². The molecule has 0 amide bonds. The van der Waals surface area contributed by atoms with Crippen molar-refractivity contribution in [1.29, 1.82) is 0 Å². The number of halogens is 3. The molecule has 0 N–H and O–H groups in total. The number of benzene rings is 1. The van der Waals surface area contributed by atoms with E-state index < -0.39 is 17.0 Å². The zero-order chi connectivity index (χ0) is 12.4. The number of thiophene rings is 1. The summed E-state index contributed by atoms with van der Waals surface area (Å²) in [5.74, 6) is -1.06. The van der Waals surface area contributed by atoms with Gasteiger partial charge in [0.25, 0.3) is 0 Å². The van der Waals surface area contributed by atoms with Crippen LogP contribution in [0, 0.1) is 11.6 Å². The van der Waals surface area contributed by atoms with Crippen LogP contribution in [-0.4, -0.2) is 7.11 Å². The highest BCUT2D eigenvalue weighted by molar-refractivity contribution is 7.10. The first-order valence-electron chi connectivity index (χ1n) is 4.83. The van der Waals surface area contributed by atoms with Crippen LogP contribution in [0.1, 0.15) is 15.8 Å². The standard InChI is InChI=1S/C12H9ClF2OS/c1-16-8-5-11(17-6-8)12(13)7-2-3-9(14)10(15)4-7/h2-6,12H,1H3. The maximum Gasteiger partial charge on any atom is 0.159 e. The summed E-state index contributed by atoms with van der Waals surface area (Å²) in [7, 11) is 1.56. The molecule has 17 heavy (non-hydrogen) atoms. The molecule has 1 unspecified atom stereocenters. The van der Waals surface area contributed by atoms with Gasteiger partial charge in [-0.15, -0.1) is 22.9 Å². The van der Waals surface area contributed by atoms with Gasteiger partial charge in [-0.2, -0.15) is 0 Å². The average Bonchev–Trinajstić information content (AvgIpc) is 2.80. The van der Waals surface area contributed by atoms with Gasteiger partial charge in [0.2, 0.25) is 0 Å². The van der Waals surface area contributed by atoms with Gasteiger partial charge in [-0.25, -0.2) is 8.78 Å². The van der Waals surface area contributed by atoms with Crippen molar-refractivity contribution < 1.29 is 13.5 Å². The minimum atomic E-state index is -0.892. The van der Waals surface area contributed by atoms with Gasteiger partial charge in [0.15, 0.2) is 11.6 Å². The fourth-order valence-electron chi connectivity index (χ4n) is 1.41. The first kappa shape index (κ1) is 12.3. The Bertz CT molecular complexity index is 527. The van der Waals surface area contributed by atoms with Crippen molar-refractivity contribution >= 4 is 22.9 Å². The van der Waals surface area contributed by atoms with E-state index in [-0.39, 0.29) is 0 Å². The SMILES string of the molecule is COc1csc(C(Cl)c2ccc(F)c(F)c2)c1. The van der Waals surface area contributed by atoms with Crippen LogP contribution < -0.4 is 4.74 Å². The van der Waals surface area contributed by atoms with Crippen molar-refractivity contribution in [3.63, 3.8) is 0 Å². The number of rotatable bonds is 3. The quantitative estimate of drug-likeness (QED) is 0.756. The minimum absolute atomic E-state index is 0.501. The van der Waals surface area contributed by atoms with Gasteiger partial charge < -0.3 is 4.74 Å². The summed E-state index contributed by atoms with van der Waals surface area (Å²) in [6.07, 6.45) is 0. The molecule has 1 heterocycles. The zero-order valence-corrected chi connectivity index (χ0v) is 10.5. The fraction of sp³-hybridized carbons (Fsp3) is 0.167. The first-order chi connectivity index (χ1) is 8.11. The van der Waals surface area contributed by atoms with E-state index in [0.29, 0.717) is 11.3 Å². The van der Waals surface area contributed by atoms with Gasteiger partial charge >= 0.3 is 0 Å². The first-order valence-corrected chi connectivity index (χ1v) is 6.15. The Balaban J connectivity index is 2.29. The molecule has 2 aromatic rings. The summed E-state index contributed by atoms with van der Waals surface area (Å²) in [6, 6.07) is 5.44. The normalized spacial score (nSPS) is 12.5. The van der Waals surface area contributed by atoms with Crippen LogP contribution in [-0.2, 0) is 0 Å². The molecule has 0 fully saturated rings. The predicted molar refractivity (Wildman–Crippen MR) is 64.9 cm³/mol. The van der Waals surface area contributed by atoms with Crippen molar-refractivity contribution in [2.24, 2.45) is 0 Å². The van der Waals surface area contributed by atoms with Crippen LogP contribution in [0.25, 0.3) is 0 Å². The Labute approximate surface area is 107 Å². The summed E-state index contributed by atoms with van der Waals surface area (Å²) in [5.41, 5.74) is 0.523. The summed E-state index contributed by atoms with van der Waals surface area (Å²) in [6.45, 7) is 0. The van der Waals surface area contributed by atoms with E-state index in [0.717, 1.165) is 17.0 Å². The van der Waals surface area contributed by atoms with E-state index in [1.807, 2.05) is 5.38 Å². The molecule has 90 valence electrons. The third-order valence-corrected chi connectivity index (χ3v) is 3.91. The molecule has 1 nitrogen and oxygen atoms in total. The van der Waals surface area contributed by atoms with Gasteiger partial charge in [0.05, 0.1) is 12.5 Å². The lowest BCUT2D eigenvalue weighted by Crippen LogP contribution is -1.93. The average molecular weight is 275 g/mol. The number of ether oxygens (including phenoxy) is 1. The maximum absolute atomic E-state index is 13.1. The zero-order valence-electron chi connectivity index (χ0n) is 8.91. The van der Waals surface area contributed by atoms with Crippen LogP contribution in [0.2, 0.25) is 0 Å². The topological polar surface area (TPSA) is 9.23 Å². The summed E-state index contributed by atoms with van der Waals surface area (Å²) in [5, 5.41) is 1.31. The molecule has 2 rings (SSSR count). The van der Waals surface area contributed by atoms with Crippen molar-refractivity contribution in [2.45, 2.75) is 5.38 Å². The van der Waals surface area contributed by atoms with Crippen molar-refractivity contribution in [3.05, 3.63) is 51.7 Å². The van der Waals surface area contributed by atoms with Crippen molar-refractivity contribution in [1.82, 2.24) is 0 Å². The molecule has 1 atom stereocenters. The highest BCUT2D eigenvalue weighted by Gasteiger charge is 2.15. The van der Waals surface area contributed by atoms with Crippen LogP contribution in [0.3, 0.4) is 0 Å². The molecule has 0 saturated carbocycles. The largest absolute Gasteiger partial charge is 0.496 e. The Hall–Kier alpha value is -1.13. The minimum Gasteiger partial charge on any atom is -0.496 e. The highest BCUT2D eigenvalue weighted by Crippen LogP contribution is 2.35. The molecule has 0 aliphatic rings. The van der Waals surface area contributed by atoms with Gasteiger partial charge in [0.1, 0.15) is 5.75 Å². The van der Waals surface area contributed by atoms with Crippen LogP contribution in [0.4, 0.5) is 8.78 Å². The molecule has 0 bridgehead atoms. The number of hydrogen-bond donors (Lipinski definition) is 0. The summed E-state index contributed by atoms with van der Waals surface area (Å²) >= 11 is 7.61. The third-order valence-electron chi connectivity index (χ3n) is 2.32.